The van der Waals surface area contributed by atoms with Crippen molar-refractivity contribution in [3.63, 3.8) is 0 Å². The molecule has 20 heavy (non-hydrogen) atoms. The largest absolute Gasteiger partial charge is 0.364 e. The third kappa shape index (κ3) is 2.85. The molecule has 1 atom stereocenters. The van der Waals surface area contributed by atoms with Gasteiger partial charge in [0.2, 0.25) is 0 Å². The van der Waals surface area contributed by atoms with Crippen LogP contribution in [0, 0.1) is 0 Å². The molecule has 1 aliphatic rings. The van der Waals surface area contributed by atoms with Gasteiger partial charge in [0.1, 0.15) is 0 Å². The van der Waals surface area contributed by atoms with Crippen molar-refractivity contribution in [1.82, 2.24) is 5.32 Å². The van der Waals surface area contributed by atoms with Crippen molar-refractivity contribution < 1.29 is 0 Å². The van der Waals surface area contributed by atoms with Gasteiger partial charge >= 0.3 is 0 Å². The van der Waals surface area contributed by atoms with Gasteiger partial charge in [0.05, 0.1) is 0 Å². The molecule has 1 unspecified atom stereocenters. The number of fused-ring (bicyclic) bond motifs is 1. The van der Waals surface area contributed by atoms with Crippen LogP contribution in [0.2, 0.25) is 0 Å². The van der Waals surface area contributed by atoms with Gasteiger partial charge in [-0.3, -0.25) is 0 Å². The van der Waals surface area contributed by atoms with Gasteiger partial charge in [0, 0.05) is 23.8 Å². The van der Waals surface area contributed by atoms with Crippen molar-refractivity contribution in [2.75, 3.05) is 11.4 Å². The molecule has 0 fully saturated rings. The summed E-state index contributed by atoms with van der Waals surface area (Å²) >= 11 is 0. The summed E-state index contributed by atoms with van der Waals surface area (Å²) < 4.78 is 0. The average Bonchev–Trinajstić information content (AvgIpc) is 2.35. The minimum absolute atomic E-state index is 0.240. The lowest BCUT2D eigenvalue weighted by molar-refractivity contribution is 0.356. The molecule has 0 radical (unpaired) electrons. The average molecular weight is 274 g/mol. The topological polar surface area (TPSA) is 15.3 Å². The highest BCUT2D eigenvalue weighted by Crippen LogP contribution is 2.44. The molecule has 0 saturated heterocycles. The first-order chi connectivity index (χ1) is 9.36. The van der Waals surface area contributed by atoms with Crippen LogP contribution in [0.3, 0.4) is 0 Å². The number of nitrogens with one attached hydrogen (secondary N) is 1. The van der Waals surface area contributed by atoms with Crippen molar-refractivity contribution in [2.45, 2.75) is 72.0 Å². The molecule has 2 nitrogen and oxygen atoms in total. The standard InChI is InChI=1S/C18H30N2/c1-7-19-12-15-8-9-17-16(10-15)14(4)11-18(5,6)20(17)13(2)3/h8-10,13-14,19H,7,11-12H2,1-6H3. The van der Waals surface area contributed by atoms with Crippen LogP contribution in [-0.4, -0.2) is 18.1 Å². The van der Waals surface area contributed by atoms with Gasteiger partial charge in [-0.05, 0) is 63.8 Å². The van der Waals surface area contributed by atoms with E-state index < -0.39 is 0 Å². The Hall–Kier alpha value is -1.02. The van der Waals surface area contributed by atoms with Crippen LogP contribution in [-0.2, 0) is 6.54 Å². The van der Waals surface area contributed by atoms with Crippen molar-refractivity contribution >= 4 is 5.69 Å². The van der Waals surface area contributed by atoms with E-state index in [2.05, 4.69) is 70.0 Å². The summed E-state index contributed by atoms with van der Waals surface area (Å²) in [5.41, 5.74) is 4.60. The molecule has 0 spiro atoms. The van der Waals surface area contributed by atoms with Crippen LogP contribution >= 0.6 is 0 Å². The lowest BCUT2D eigenvalue weighted by atomic mass is 9.79. The molecule has 0 aliphatic carbocycles. The predicted octanol–water partition coefficient (Wildman–Crippen LogP) is 4.30. The van der Waals surface area contributed by atoms with Gasteiger partial charge in [-0.15, -0.1) is 0 Å². The molecule has 1 N–H and O–H groups in total. The first-order valence-electron chi connectivity index (χ1n) is 7.99. The fourth-order valence-electron chi connectivity index (χ4n) is 3.86. The zero-order valence-corrected chi connectivity index (χ0v) is 14.0. The van der Waals surface area contributed by atoms with Gasteiger partial charge < -0.3 is 10.2 Å². The van der Waals surface area contributed by atoms with Gasteiger partial charge in [-0.1, -0.05) is 26.0 Å². The molecular weight excluding hydrogens is 244 g/mol. The number of benzene rings is 1. The monoisotopic (exact) mass is 274 g/mol. The van der Waals surface area contributed by atoms with Crippen LogP contribution < -0.4 is 10.2 Å². The Labute approximate surface area is 124 Å². The number of anilines is 1. The zero-order chi connectivity index (χ0) is 14.9. The fourth-order valence-corrected chi connectivity index (χ4v) is 3.86. The van der Waals surface area contributed by atoms with Gasteiger partial charge in [-0.2, -0.15) is 0 Å². The van der Waals surface area contributed by atoms with E-state index in [0.29, 0.717) is 12.0 Å². The van der Waals surface area contributed by atoms with Crippen LogP contribution in [0.4, 0.5) is 5.69 Å². The highest BCUT2D eigenvalue weighted by molar-refractivity contribution is 5.61. The van der Waals surface area contributed by atoms with E-state index in [9.17, 15) is 0 Å². The molecule has 1 aliphatic heterocycles. The zero-order valence-electron chi connectivity index (χ0n) is 14.0. The van der Waals surface area contributed by atoms with E-state index in [1.54, 1.807) is 0 Å². The summed E-state index contributed by atoms with van der Waals surface area (Å²) in [4.78, 5) is 2.60. The molecule has 0 aromatic heterocycles. The third-order valence-corrected chi connectivity index (χ3v) is 4.44. The fraction of sp³-hybridized carbons (Fsp3) is 0.667. The molecule has 112 valence electrons. The normalized spacial score (nSPS) is 21.1. The summed E-state index contributed by atoms with van der Waals surface area (Å²) in [6.45, 7) is 15.9. The Morgan fingerprint density at radius 3 is 2.65 bits per heavy atom. The van der Waals surface area contributed by atoms with Crippen LogP contribution in [0.25, 0.3) is 0 Å². The Balaban J connectivity index is 2.40. The maximum absolute atomic E-state index is 3.42. The molecule has 1 aromatic rings. The van der Waals surface area contributed by atoms with Gasteiger partial charge in [-0.25, -0.2) is 0 Å². The summed E-state index contributed by atoms with van der Waals surface area (Å²) in [5.74, 6) is 0.636. The van der Waals surface area contributed by atoms with Crippen molar-refractivity contribution in [2.24, 2.45) is 0 Å². The molecule has 1 heterocycles. The number of hydrogen-bond donors (Lipinski definition) is 1. The highest BCUT2D eigenvalue weighted by atomic mass is 15.2. The second-order valence-corrected chi connectivity index (χ2v) is 7.05. The van der Waals surface area contributed by atoms with Gasteiger partial charge in [0.15, 0.2) is 0 Å². The minimum atomic E-state index is 0.240. The van der Waals surface area contributed by atoms with E-state index in [0.717, 1.165) is 13.1 Å². The maximum atomic E-state index is 3.42. The Morgan fingerprint density at radius 2 is 2.05 bits per heavy atom. The number of nitrogens with zero attached hydrogens (tertiary/aromatic N) is 1. The summed E-state index contributed by atoms with van der Waals surface area (Å²) in [6.07, 6.45) is 1.23. The quantitative estimate of drug-likeness (QED) is 0.880. The Bertz CT molecular complexity index is 462. The molecular formula is C18H30N2. The second kappa shape index (κ2) is 5.77. The van der Waals surface area contributed by atoms with E-state index >= 15 is 0 Å². The SMILES string of the molecule is CCNCc1ccc2c(c1)C(C)CC(C)(C)N2C(C)C. The third-order valence-electron chi connectivity index (χ3n) is 4.44. The lowest BCUT2D eigenvalue weighted by Gasteiger charge is -2.50. The van der Waals surface area contributed by atoms with E-state index in [-0.39, 0.29) is 5.54 Å². The minimum Gasteiger partial charge on any atom is -0.364 e. The summed E-state index contributed by atoms with van der Waals surface area (Å²) in [6, 6.07) is 7.56. The van der Waals surface area contributed by atoms with E-state index in [1.807, 2.05) is 0 Å². The van der Waals surface area contributed by atoms with Crippen LogP contribution in [0.5, 0.6) is 0 Å². The molecule has 0 amide bonds. The van der Waals surface area contributed by atoms with E-state index in [1.165, 1.54) is 23.2 Å². The lowest BCUT2D eigenvalue weighted by Crippen LogP contribution is -2.51. The number of hydrogen-bond acceptors (Lipinski definition) is 2. The van der Waals surface area contributed by atoms with Gasteiger partial charge in [0.25, 0.3) is 0 Å². The first kappa shape index (κ1) is 15.4. The first-order valence-corrected chi connectivity index (χ1v) is 7.99. The highest BCUT2D eigenvalue weighted by Gasteiger charge is 2.37. The van der Waals surface area contributed by atoms with Crippen molar-refractivity contribution in [3.8, 4) is 0 Å². The smallest absolute Gasteiger partial charge is 0.0408 e. The summed E-state index contributed by atoms with van der Waals surface area (Å²) in [7, 11) is 0. The number of rotatable bonds is 4. The Kier molecular flexibility index (Phi) is 4.43. The maximum Gasteiger partial charge on any atom is 0.0408 e. The van der Waals surface area contributed by atoms with Crippen molar-refractivity contribution in [1.29, 1.82) is 0 Å². The molecule has 0 saturated carbocycles. The molecule has 2 rings (SSSR count). The predicted molar refractivity (Wildman–Crippen MR) is 88.5 cm³/mol. The molecule has 0 bridgehead atoms. The van der Waals surface area contributed by atoms with Crippen LogP contribution in [0.1, 0.15) is 65.0 Å². The van der Waals surface area contributed by atoms with E-state index in [4.69, 9.17) is 0 Å². The summed E-state index contributed by atoms with van der Waals surface area (Å²) in [5, 5.41) is 3.42. The van der Waals surface area contributed by atoms with Crippen LogP contribution in [0.15, 0.2) is 18.2 Å². The van der Waals surface area contributed by atoms with Crippen molar-refractivity contribution in [3.05, 3.63) is 29.3 Å². The molecule has 1 aromatic carbocycles. The molecule has 2 heteroatoms. The second-order valence-electron chi connectivity index (χ2n) is 7.05. The Morgan fingerprint density at radius 1 is 1.35 bits per heavy atom.